The van der Waals surface area contributed by atoms with Gasteiger partial charge in [-0.3, -0.25) is 0 Å². The van der Waals surface area contributed by atoms with Crippen molar-refractivity contribution in [1.29, 1.82) is 0 Å². The molecule has 2 nitrogen and oxygen atoms in total. The van der Waals surface area contributed by atoms with E-state index in [-0.39, 0.29) is 5.82 Å². The fraction of sp³-hybridized carbons (Fsp3) is 0.188. The van der Waals surface area contributed by atoms with Crippen molar-refractivity contribution in [3.8, 4) is 0 Å². The Morgan fingerprint density at radius 1 is 1.25 bits per heavy atom. The maximum Gasteiger partial charge on any atom is 0.123 e. The third-order valence-electron chi connectivity index (χ3n) is 3.28. The Labute approximate surface area is 124 Å². The molecule has 0 saturated heterocycles. The molecule has 104 valence electrons. The molecule has 0 amide bonds. The molecule has 0 heterocycles. The third kappa shape index (κ3) is 3.33. The van der Waals surface area contributed by atoms with Gasteiger partial charge in [0.2, 0.25) is 0 Å². The Hall–Kier alpha value is -1.94. The SMILES string of the molecule is Cc1cc(F)ccc1CN(C)c1cccc(C(N)=S)c1. The predicted octanol–water partition coefficient (Wildman–Crippen LogP) is 3.40. The molecule has 0 spiro atoms. The highest BCUT2D eigenvalue weighted by Gasteiger charge is 2.07. The van der Waals surface area contributed by atoms with Crippen molar-refractivity contribution in [1.82, 2.24) is 0 Å². The van der Waals surface area contributed by atoms with Crippen LogP contribution in [0.1, 0.15) is 16.7 Å². The van der Waals surface area contributed by atoms with Crippen LogP contribution in [-0.4, -0.2) is 12.0 Å². The summed E-state index contributed by atoms with van der Waals surface area (Å²) in [6, 6.07) is 12.6. The van der Waals surface area contributed by atoms with Gasteiger partial charge in [-0.2, -0.15) is 0 Å². The maximum atomic E-state index is 13.1. The number of aryl methyl sites for hydroxylation is 1. The van der Waals surface area contributed by atoms with Crippen molar-refractivity contribution in [3.63, 3.8) is 0 Å². The van der Waals surface area contributed by atoms with Crippen LogP contribution in [0.4, 0.5) is 10.1 Å². The van der Waals surface area contributed by atoms with E-state index in [0.717, 1.165) is 22.4 Å². The zero-order chi connectivity index (χ0) is 14.7. The molecule has 0 aliphatic rings. The van der Waals surface area contributed by atoms with Crippen LogP contribution in [0, 0.1) is 12.7 Å². The highest BCUT2D eigenvalue weighted by molar-refractivity contribution is 7.80. The normalized spacial score (nSPS) is 10.3. The zero-order valence-electron chi connectivity index (χ0n) is 11.6. The molecule has 2 N–H and O–H groups in total. The highest BCUT2D eigenvalue weighted by Crippen LogP contribution is 2.19. The summed E-state index contributed by atoms with van der Waals surface area (Å²) in [5.41, 5.74) is 9.56. The van der Waals surface area contributed by atoms with Crippen LogP contribution in [0.5, 0.6) is 0 Å². The zero-order valence-corrected chi connectivity index (χ0v) is 12.4. The Kier molecular flexibility index (Phi) is 4.35. The lowest BCUT2D eigenvalue weighted by Gasteiger charge is -2.21. The van der Waals surface area contributed by atoms with Crippen molar-refractivity contribution < 1.29 is 4.39 Å². The van der Waals surface area contributed by atoms with E-state index in [2.05, 4.69) is 4.90 Å². The number of nitrogens with two attached hydrogens (primary N) is 1. The van der Waals surface area contributed by atoms with Crippen LogP contribution in [0.2, 0.25) is 0 Å². The van der Waals surface area contributed by atoms with E-state index in [1.54, 1.807) is 6.07 Å². The fourth-order valence-corrected chi connectivity index (χ4v) is 2.21. The van der Waals surface area contributed by atoms with Crippen molar-refractivity contribution in [3.05, 3.63) is 65.0 Å². The minimum Gasteiger partial charge on any atom is -0.389 e. The minimum absolute atomic E-state index is 0.204. The first-order valence-electron chi connectivity index (χ1n) is 6.33. The Balaban J connectivity index is 2.21. The summed E-state index contributed by atoms with van der Waals surface area (Å²) in [6.45, 7) is 2.62. The van der Waals surface area contributed by atoms with Crippen molar-refractivity contribution in [2.75, 3.05) is 11.9 Å². The average Bonchev–Trinajstić information content (AvgIpc) is 2.42. The second-order valence-electron chi connectivity index (χ2n) is 4.84. The van der Waals surface area contributed by atoms with E-state index in [4.69, 9.17) is 18.0 Å². The maximum absolute atomic E-state index is 13.1. The van der Waals surface area contributed by atoms with Gasteiger partial charge in [0.25, 0.3) is 0 Å². The van der Waals surface area contributed by atoms with E-state index in [9.17, 15) is 4.39 Å². The molecule has 20 heavy (non-hydrogen) atoms. The van der Waals surface area contributed by atoms with E-state index >= 15 is 0 Å². The Bertz CT molecular complexity index is 640. The van der Waals surface area contributed by atoms with Gasteiger partial charge >= 0.3 is 0 Å². The van der Waals surface area contributed by atoms with Gasteiger partial charge in [0.15, 0.2) is 0 Å². The van der Waals surface area contributed by atoms with Crippen LogP contribution in [0.15, 0.2) is 42.5 Å². The molecule has 0 atom stereocenters. The number of rotatable bonds is 4. The second-order valence-corrected chi connectivity index (χ2v) is 5.28. The number of hydrogen-bond acceptors (Lipinski definition) is 2. The number of hydrogen-bond donors (Lipinski definition) is 1. The van der Waals surface area contributed by atoms with Gasteiger partial charge in [-0.05, 0) is 42.3 Å². The molecule has 0 aliphatic carbocycles. The first-order valence-corrected chi connectivity index (χ1v) is 6.74. The van der Waals surface area contributed by atoms with E-state index < -0.39 is 0 Å². The third-order valence-corrected chi connectivity index (χ3v) is 3.52. The molecule has 0 saturated carbocycles. The number of benzene rings is 2. The summed E-state index contributed by atoms with van der Waals surface area (Å²) < 4.78 is 13.1. The van der Waals surface area contributed by atoms with Crippen LogP contribution in [-0.2, 0) is 6.54 Å². The van der Waals surface area contributed by atoms with E-state index in [1.807, 2.05) is 44.3 Å². The number of thiocarbonyl (C=S) groups is 1. The molecule has 0 unspecified atom stereocenters. The predicted molar refractivity (Wildman–Crippen MR) is 85.6 cm³/mol. The summed E-state index contributed by atoms with van der Waals surface area (Å²) in [5, 5.41) is 0. The van der Waals surface area contributed by atoms with Crippen molar-refractivity contribution in [2.45, 2.75) is 13.5 Å². The van der Waals surface area contributed by atoms with Crippen molar-refractivity contribution >= 4 is 22.9 Å². The monoisotopic (exact) mass is 288 g/mol. The van der Waals surface area contributed by atoms with E-state index in [0.29, 0.717) is 11.5 Å². The molecule has 4 heteroatoms. The average molecular weight is 288 g/mol. The topological polar surface area (TPSA) is 29.3 Å². The largest absolute Gasteiger partial charge is 0.389 e. The number of anilines is 1. The second kappa shape index (κ2) is 6.01. The first-order chi connectivity index (χ1) is 9.47. The Morgan fingerprint density at radius 2 is 2.00 bits per heavy atom. The number of halogens is 1. The lowest BCUT2D eigenvalue weighted by molar-refractivity contribution is 0.625. The van der Waals surface area contributed by atoms with Gasteiger partial charge in [0, 0.05) is 24.8 Å². The summed E-state index contributed by atoms with van der Waals surface area (Å²) in [7, 11) is 1.99. The fourth-order valence-electron chi connectivity index (χ4n) is 2.08. The van der Waals surface area contributed by atoms with Gasteiger partial charge in [0.1, 0.15) is 10.8 Å². The lowest BCUT2D eigenvalue weighted by atomic mass is 10.1. The minimum atomic E-state index is -0.204. The highest BCUT2D eigenvalue weighted by atomic mass is 32.1. The van der Waals surface area contributed by atoms with Crippen LogP contribution < -0.4 is 10.6 Å². The molecular weight excluding hydrogens is 271 g/mol. The van der Waals surface area contributed by atoms with Crippen LogP contribution >= 0.6 is 12.2 Å². The van der Waals surface area contributed by atoms with E-state index in [1.165, 1.54) is 6.07 Å². The molecule has 0 aromatic heterocycles. The summed E-state index contributed by atoms with van der Waals surface area (Å²) >= 11 is 4.99. The summed E-state index contributed by atoms with van der Waals surface area (Å²) in [6.07, 6.45) is 0. The first kappa shape index (κ1) is 14.5. The molecule has 0 bridgehead atoms. The van der Waals surface area contributed by atoms with Gasteiger partial charge in [0.05, 0.1) is 0 Å². The van der Waals surface area contributed by atoms with Crippen LogP contribution in [0.3, 0.4) is 0 Å². The molecule has 0 aliphatic heterocycles. The summed E-state index contributed by atoms with van der Waals surface area (Å²) in [5.74, 6) is -0.204. The van der Waals surface area contributed by atoms with Crippen LogP contribution in [0.25, 0.3) is 0 Å². The summed E-state index contributed by atoms with van der Waals surface area (Å²) in [4.78, 5) is 2.47. The van der Waals surface area contributed by atoms with Gasteiger partial charge in [-0.15, -0.1) is 0 Å². The molecule has 0 fully saturated rings. The molecule has 0 radical (unpaired) electrons. The molecule has 2 aromatic rings. The molecular formula is C16H17FN2S. The molecule has 2 aromatic carbocycles. The lowest BCUT2D eigenvalue weighted by Crippen LogP contribution is -2.18. The van der Waals surface area contributed by atoms with Gasteiger partial charge in [-0.1, -0.05) is 30.4 Å². The standard InChI is InChI=1S/C16H17FN2S/c1-11-8-14(17)7-6-13(11)10-19(2)15-5-3-4-12(9-15)16(18)20/h3-9H,10H2,1-2H3,(H2,18,20). The number of nitrogens with zero attached hydrogens (tertiary/aromatic N) is 1. The Morgan fingerprint density at radius 3 is 2.65 bits per heavy atom. The van der Waals surface area contributed by atoms with Gasteiger partial charge < -0.3 is 10.6 Å². The molecule has 2 rings (SSSR count). The quantitative estimate of drug-likeness (QED) is 0.874. The van der Waals surface area contributed by atoms with Gasteiger partial charge in [-0.25, -0.2) is 4.39 Å². The van der Waals surface area contributed by atoms with Crippen molar-refractivity contribution in [2.24, 2.45) is 5.73 Å². The smallest absolute Gasteiger partial charge is 0.123 e.